The van der Waals surface area contributed by atoms with E-state index in [0.29, 0.717) is 10.9 Å². The number of aromatic amines is 1. The summed E-state index contributed by atoms with van der Waals surface area (Å²) < 4.78 is 6.01. The number of hydrogen-bond acceptors (Lipinski definition) is 5. The smallest absolute Gasteiger partial charge is 0.209 e. The normalized spacial score (nSPS) is 10.9. The molecule has 0 unspecified atom stereocenters. The maximum absolute atomic E-state index is 5.03. The molecule has 5 nitrogen and oxygen atoms in total. The van der Waals surface area contributed by atoms with Crippen molar-refractivity contribution in [1.82, 2.24) is 20.3 Å². The van der Waals surface area contributed by atoms with E-state index < -0.39 is 0 Å². The first-order valence-corrected chi connectivity index (χ1v) is 7.72. The zero-order chi connectivity index (χ0) is 13.9. The van der Waals surface area contributed by atoms with E-state index in [1.807, 2.05) is 37.3 Å². The molecule has 102 valence electrons. The van der Waals surface area contributed by atoms with Crippen molar-refractivity contribution in [1.29, 1.82) is 0 Å². The Balaban J connectivity index is 1.72. The Hall–Kier alpha value is -1.60. The van der Waals surface area contributed by atoms with Crippen LogP contribution in [0.25, 0.3) is 11.4 Å². The van der Waals surface area contributed by atoms with E-state index in [1.54, 1.807) is 0 Å². The Kier molecular flexibility index (Phi) is 3.88. The topological polar surface area (TPSA) is 67.6 Å². The molecule has 0 aliphatic carbocycles. The number of rotatable bonds is 4. The number of halogens is 1. The minimum Gasteiger partial charge on any atom is -0.361 e. The number of aryl methyl sites for hydroxylation is 1. The lowest BCUT2D eigenvalue weighted by Crippen LogP contribution is -1.82. The number of nitrogens with zero attached hydrogens (tertiary/aromatic N) is 3. The SMILES string of the molecule is Cc1cc(CSc2n[nH]c(-c3ccccc3Br)n2)no1. The minimum atomic E-state index is 0.685. The van der Waals surface area contributed by atoms with E-state index >= 15 is 0 Å². The first-order valence-electron chi connectivity index (χ1n) is 5.94. The average Bonchev–Trinajstić information content (AvgIpc) is 3.06. The van der Waals surface area contributed by atoms with Crippen molar-refractivity contribution in [3.05, 3.63) is 46.3 Å². The Morgan fingerprint density at radius 3 is 2.95 bits per heavy atom. The summed E-state index contributed by atoms with van der Waals surface area (Å²) >= 11 is 5.02. The van der Waals surface area contributed by atoms with Gasteiger partial charge in [-0.15, -0.1) is 5.10 Å². The van der Waals surface area contributed by atoms with E-state index in [9.17, 15) is 0 Å². The van der Waals surface area contributed by atoms with Crippen LogP contribution < -0.4 is 0 Å². The number of nitrogens with one attached hydrogen (secondary N) is 1. The van der Waals surface area contributed by atoms with Gasteiger partial charge in [-0.1, -0.05) is 51.0 Å². The van der Waals surface area contributed by atoms with Gasteiger partial charge in [-0.3, -0.25) is 5.10 Å². The largest absolute Gasteiger partial charge is 0.361 e. The van der Waals surface area contributed by atoms with Gasteiger partial charge in [0, 0.05) is 21.9 Å². The van der Waals surface area contributed by atoms with Gasteiger partial charge in [0.1, 0.15) is 5.76 Å². The van der Waals surface area contributed by atoms with Crippen LogP contribution in [0.2, 0.25) is 0 Å². The molecule has 0 atom stereocenters. The highest BCUT2D eigenvalue weighted by atomic mass is 79.9. The Bertz CT molecular complexity index is 724. The van der Waals surface area contributed by atoms with Crippen molar-refractivity contribution >= 4 is 27.7 Å². The van der Waals surface area contributed by atoms with Gasteiger partial charge >= 0.3 is 0 Å². The van der Waals surface area contributed by atoms with Crippen LogP contribution in [-0.2, 0) is 5.75 Å². The summed E-state index contributed by atoms with van der Waals surface area (Å²) in [5.41, 5.74) is 1.88. The predicted octanol–water partition coefficient (Wildman–Crippen LogP) is 3.82. The van der Waals surface area contributed by atoms with Crippen LogP contribution >= 0.6 is 27.7 Å². The highest BCUT2D eigenvalue weighted by Gasteiger charge is 2.10. The fourth-order valence-electron chi connectivity index (χ4n) is 1.71. The molecule has 2 aromatic heterocycles. The quantitative estimate of drug-likeness (QED) is 0.724. The van der Waals surface area contributed by atoms with Gasteiger partial charge in [0.05, 0.1) is 5.69 Å². The molecular weight excluding hydrogens is 340 g/mol. The number of hydrogen-bond donors (Lipinski definition) is 1. The highest BCUT2D eigenvalue weighted by Crippen LogP contribution is 2.27. The van der Waals surface area contributed by atoms with Gasteiger partial charge in [0.2, 0.25) is 5.16 Å². The summed E-state index contributed by atoms with van der Waals surface area (Å²) in [7, 11) is 0. The molecule has 0 saturated carbocycles. The fraction of sp³-hybridized carbons (Fsp3) is 0.154. The van der Waals surface area contributed by atoms with E-state index in [2.05, 4.69) is 36.3 Å². The van der Waals surface area contributed by atoms with Crippen LogP contribution in [0.15, 0.2) is 44.5 Å². The van der Waals surface area contributed by atoms with E-state index in [0.717, 1.165) is 27.3 Å². The van der Waals surface area contributed by atoms with Gasteiger partial charge < -0.3 is 4.52 Å². The van der Waals surface area contributed by atoms with Crippen LogP contribution in [0, 0.1) is 6.92 Å². The molecule has 0 aliphatic heterocycles. The van der Waals surface area contributed by atoms with Crippen molar-refractivity contribution in [3.8, 4) is 11.4 Å². The molecule has 0 saturated heterocycles. The Morgan fingerprint density at radius 2 is 2.20 bits per heavy atom. The lowest BCUT2D eigenvalue weighted by Gasteiger charge is -1.98. The van der Waals surface area contributed by atoms with Crippen LogP contribution in [0.1, 0.15) is 11.5 Å². The molecule has 3 aromatic rings. The molecule has 3 rings (SSSR count). The van der Waals surface area contributed by atoms with Gasteiger partial charge in [0.25, 0.3) is 0 Å². The molecule has 7 heteroatoms. The van der Waals surface area contributed by atoms with E-state index in [1.165, 1.54) is 11.8 Å². The van der Waals surface area contributed by atoms with Gasteiger partial charge in [-0.2, -0.15) is 0 Å². The first-order chi connectivity index (χ1) is 9.72. The zero-order valence-electron chi connectivity index (χ0n) is 10.6. The van der Waals surface area contributed by atoms with Crippen LogP contribution in [-0.4, -0.2) is 20.3 Å². The highest BCUT2D eigenvalue weighted by molar-refractivity contribution is 9.10. The number of aromatic nitrogens is 4. The third kappa shape index (κ3) is 2.94. The molecule has 0 spiro atoms. The van der Waals surface area contributed by atoms with Crippen LogP contribution in [0.5, 0.6) is 0 Å². The number of H-pyrrole nitrogens is 1. The maximum Gasteiger partial charge on any atom is 0.209 e. The number of benzene rings is 1. The molecule has 20 heavy (non-hydrogen) atoms. The van der Waals surface area contributed by atoms with E-state index in [4.69, 9.17) is 4.52 Å². The second kappa shape index (κ2) is 5.80. The summed E-state index contributed by atoms with van der Waals surface area (Å²) in [5.74, 6) is 2.24. The van der Waals surface area contributed by atoms with Gasteiger partial charge in [0.15, 0.2) is 5.82 Å². The predicted molar refractivity (Wildman–Crippen MR) is 80.3 cm³/mol. The summed E-state index contributed by atoms with van der Waals surface area (Å²) in [4.78, 5) is 4.47. The summed E-state index contributed by atoms with van der Waals surface area (Å²) in [6.07, 6.45) is 0. The van der Waals surface area contributed by atoms with Crippen molar-refractivity contribution in [2.24, 2.45) is 0 Å². The Labute approximate surface area is 128 Å². The molecule has 1 aromatic carbocycles. The monoisotopic (exact) mass is 350 g/mol. The molecular formula is C13H11BrN4OS. The second-order valence-electron chi connectivity index (χ2n) is 4.16. The van der Waals surface area contributed by atoms with Crippen molar-refractivity contribution < 1.29 is 4.52 Å². The number of thioether (sulfide) groups is 1. The average molecular weight is 351 g/mol. The van der Waals surface area contributed by atoms with Crippen LogP contribution in [0.4, 0.5) is 0 Å². The summed E-state index contributed by atoms with van der Waals surface area (Å²) in [6, 6.07) is 9.80. The van der Waals surface area contributed by atoms with Gasteiger partial charge in [-0.05, 0) is 13.0 Å². The molecule has 1 N–H and O–H groups in total. The lowest BCUT2D eigenvalue weighted by molar-refractivity contribution is 0.393. The fourth-order valence-corrected chi connectivity index (χ4v) is 2.86. The molecule has 0 bridgehead atoms. The molecule has 2 heterocycles. The van der Waals surface area contributed by atoms with E-state index in [-0.39, 0.29) is 0 Å². The van der Waals surface area contributed by atoms with Crippen molar-refractivity contribution in [2.45, 2.75) is 17.8 Å². The molecule has 0 fully saturated rings. The summed E-state index contributed by atoms with van der Waals surface area (Å²) in [5, 5.41) is 11.8. The standard InChI is InChI=1S/C13H11BrN4OS/c1-8-6-9(18-19-8)7-20-13-15-12(16-17-13)10-4-2-3-5-11(10)14/h2-6H,7H2,1H3,(H,15,16,17). The molecule has 0 aliphatic rings. The third-order valence-electron chi connectivity index (χ3n) is 2.62. The van der Waals surface area contributed by atoms with Crippen molar-refractivity contribution in [3.63, 3.8) is 0 Å². The third-order valence-corrected chi connectivity index (χ3v) is 4.19. The molecule has 0 radical (unpaired) electrons. The maximum atomic E-state index is 5.03. The Morgan fingerprint density at radius 1 is 1.35 bits per heavy atom. The summed E-state index contributed by atoms with van der Waals surface area (Å²) in [6.45, 7) is 1.87. The lowest BCUT2D eigenvalue weighted by atomic mass is 10.2. The zero-order valence-corrected chi connectivity index (χ0v) is 13.0. The molecule has 0 amide bonds. The van der Waals surface area contributed by atoms with Crippen molar-refractivity contribution in [2.75, 3.05) is 0 Å². The second-order valence-corrected chi connectivity index (χ2v) is 5.96. The van der Waals surface area contributed by atoms with Crippen LogP contribution in [0.3, 0.4) is 0 Å². The first kappa shape index (κ1) is 13.4. The minimum absolute atomic E-state index is 0.685. The van der Waals surface area contributed by atoms with Gasteiger partial charge in [-0.25, -0.2) is 4.98 Å².